The van der Waals surface area contributed by atoms with Crippen molar-refractivity contribution in [2.45, 2.75) is 38.6 Å². The van der Waals surface area contributed by atoms with Gasteiger partial charge in [0.25, 0.3) is 0 Å². The maximum atomic E-state index is 12.2. The average molecular weight is 335 g/mol. The maximum absolute atomic E-state index is 12.2. The van der Waals surface area contributed by atoms with Crippen molar-refractivity contribution in [3.8, 4) is 5.75 Å². The SMILES string of the molecule is COc1ccccc1/C=C/C(=O)N[C@H](C)c1ccc2c(c1)CCCC2. The molecule has 0 fully saturated rings. The van der Waals surface area contributed by atoms with Crippen molar-refractivity contribution in [2.75, 3.05) is 7.11 Å². The lowest BCUT2D eigenvalue weighted by molar-refractivity contribution is -0.117. The highest BCUT2D eigenvalue weighted by Gasteiger charge is 2.13. The molecule has 0 bridgehead atoms. The van der Waals surface area contributed by atoms with Crippen LogP contribution in [0.4, 0.5) is 0 Å². The molecule has 1 N–H and O–H groups in total. The molecule has 3 rings (SSSR count). The summed E-state index contributed by atoms with van der Waals surface area (Å²) < 4.78 is 5.30. The van der Waals surface area contributed by atoms with E-state index in [1.807, 2.05) is 31.2 Å². The van der Waals surface area contributed by atoms with Gasteiger partial charge in [0, 0.05) is 11.6 Å². The van der Waals surface area contributed by atoms with Crippen LogP contribution >= 0.6 is 0 Å². The molecular formula is C22H25NO2. The van der Waals surface area contributed by atoms with E-state index in [1.165, 1.54) is 36.0 Å². The minimum Gasteiger partial charge on any atom is -0.496 e. The molecule has 2 aromatic carbocycles. The third-order valence-electron chi connectivity index (χ3n) is 4.78. The summed E-state index contributed by atoms with van der Waals surface area (Å²) in [6.45, 7) is 2.03. The van der Waals surface area contributed by atoms with E-state index in [0.29, 0.717) is 0 Å². The standard InChI is InChI=1S/C22H25NO2/c1-16(19-12-11-17-7-3-4-9-20(17)15-19)23-22(24)14-13-18-8-5-6-10-21(18)25-2/h5-6,8,10-16H,3-4,7,9H2,1-2H3,(H,23,24)/b14-13+/t16-/m1/s1. The van der Waals surface area contributed by atoms with Gasteiger partial charge >= 0.3 is 0 Å². The second-order valence-electron chi connectivity index (χ2n) is 6.54. The van der Waals surface area contributed by atoms with E-state index >= 15 is 0 Å². The van der Waals surface area contributed by atoms with Crippen LogP contribution in [0, 0.1) is 0 Å². The molecule has 1 amide bonds. The van der Waals surface area contributed by atoms with Crippen LogP contribution in [0.2, 0.25) is 0 Å². The molecule has 0 spiro atoms. The Morgan fingerprint density at radius 1 is 1.12 bits per heavy atom. The highest BCUT2D eigenvalue weighted by atomic mass is 16.5. The number of nitrogens with one attached hydrogen (secondary N) is 1. The van der Waals surface area contributed by atoms with Crippen LogP contribution in [0.3, 0.4) is 0 Å². The second-order valence-corrected chi connectivity index (χ2v) is 6.54. The summed E-state index contributed by atoms with van der Waals surface area (Å²) in [7, 11) is 1.63. The predicted molar refractivity (Wildman–Crippen MR) is 102 cm³/mol. The molecule has 25 heavy (non-hydrogen) atoms. The monoisotopic (exact) mass is 335 g/mol. The van der Waals surface area contributed by atoms with Crippen LogP contribution in [0.15, 0.2) is 48.5 Å². The minimum atomic E-state index is -0.101. The normalized spacial score (nSPS) is 14.8. The fourth-order valence-corrected chi connectivity index (χ4v) is 3.34. The van der Waals surface area contributed by atoms with Crippen molar-refractivity contribution in [3.05, 3.63) is 70.8 Å². The Kier molecular flexibility index (Phi) is 5.54. The Hall–Kier alpha value is -2.55. The van der Waals surface area contributed by atoms with Crippen molar-refractivity contribution < 1.29 is 9.53 Å². The topological polar surface area (TPSA) is 38.3 Å². The van der Waals surface area contributed by atoms with Gasteiger partial charge in [-0.1, -0.05) is 36.4 Å². The van der Waals surface area contributed by atoms with Gasteiger partial charge < -0.3 is 10.1 Å². The molecule has 1 aliphatic rings. The summed E-state index contributed by atoms with van der Waals surface area (Å²) in [4.78, 5) is 12.2. The Bertz CT molecular complexity index is 779. The first-order valence-corrected chi connectivity index (χ1v) is 8.90. The lowest BCUT2D eigenvalue weighted by atomic mass is 9.89. The summed E-state index contributed by atoms with van der Waals surface area (Å²) >= 11 is 0. The van der Waals surface area contributed by atoms with Gasteiger partial charge in [-0.15, -0.1) is 0 Å². The zero-order valence-corrected chi connectivity index (χ0v) is 14.9. The lowest BCUT2D eigenvalue weighted by Gasteiger charge is -2.19. The molecule has 1 aliphatic carbocycles. The quantitative estimate of drug-likeness (QED) is 0.819. The number of carbonyl (C=O) groups is 1. The molecule has 0 radical (unpaired) electrons. The van der Waals surface area contributed by atoms with E-state index < -0.39 is 0 Å². The summed E-state index contributed by atoms with van der Waals surface area (Å²) in [6, 6.07) is 14.2. The number of fused-ring (bicyclic) bond motifs is 1. The number of methoxy groups -OCH3 is 1. The molecule has 130 valence electrons. The van der Waals surface area contributed by atoms with Crippen LogP contribution in [0.5, 0.6) is 5.75 Å². The fourth-order valence-electron chi connectivity index (χ4n) is 3.34. The smallest absolute Gasteiger partial charge is 0.244 e. The second kappa shape index (κ2) is 8.02. The van der Waals surface area contributed by atoms with Gasteiger partial charge in [0.15, 0.2) is 0 Å². The number of para-hydroxylation sites is 1. The molecule has 0 unspecified atom stereocenters. The van der Waals surface area contributed by atoms with Gasteiger partial charge in [-0.2, -0.15) is 0 Å². The van der Waals surface area contributed by atoms with Gasteiger partial charge in [-0.3, -0.25) is 4.79 Å². The minimum absolute atomic E-state index is 0.0120. The van der Waals surface area contributed by atoms with E-state index in [2.05, 4.69) is 23.5 Å². The van der Waals surface area contributed by atoms with Crippen LogP contribution in [0.1, 0.15) is 48.1 Å². The molecule has 0 aromatic heterocycles. The number of carbonyl (C=O) groups excluding carboxylic acids is 1. The van der Waals surface area contributed by atoms with Gasteiger partial charge in [0.1, 0.15) is 5.75 Å². The molecule has 3 nitrogen and oxygen atoms in total. The number of amides is 1. The van der Waals surface area contributed by atoms with Gasteiger partial charge in [-0.25, -0.2) is 0 Å². The largest absolute Gasteiger partial charge is 0.496 e. The van der Waals surface area contributed by atoms with E-state index in [0.717, 1.165) is 17.7 Å². The maximum Gasteiger partial charge on any atom is 0.244 e. The first-order chi connectivity index (χ1) is 12.2. The zero-order valence-electron chi connectivity index (χ0n) is 14.9. The zero-order chi connectivity index (χ0) is 17.6. The number of hydrogen-bond acceptors (Lipinski definition) is 2. The molecule has 0 saturated carbocycles. The van der Waals surface area contributed by atoms with Crippen molar-refractivity contribution in [3.63, 3.8) is 0 Å². The Morgan fingerprint density at radius 3 is 2.68 bits per heavy atom. The first kappa shape index (κ1) is 17.3. The molecular weight excluding hydrogens is 310 g/mol. The molecule has 0 heterocycles. The van der Waals surface area contributed by atoms with Crippen LogP contribution < -0.4 is 10.1 Å². The molecule has 0 saturated heterocycles. The fraction of sp³-hybridized carbons (Fsp3) is 0.318. The van der Waals surface area contributed by atoms with Gasteiger partial charge in [0.2, 0.25) is 5.91 Å². The lowest BCUT2D eigenvalue weighted by Crippen LogP contribution is -2.24. The van der Waals surface area contributed by atoms with Crippen molar-refractivity contribution >= 4 is 12.0 Å². The highest BCUT2D eigenvalue weighted by molar-refractivity contribution is 5.92. The third-order valence-corrected chi connectivity index (χ3v) is 4.78. The van der Waals surface area contributed by atoms with E-state index in [-0.39, 0.29) is 11.9 Å². The first-order valence-electron chi connectivity index (χ1n) is 8.90. The van der Waals surface area contributed by atoms with Crippen molar-refractivity contribution in [2.24, 2.45) is 0 Å². The average Bonchev–Trinajstić information content (AvgIpc) is 2.66. The highest BCUT2D eigenvalue weighted by Crippen LogP contribution is 2.25. The number of rotatable bonds is 5. The van der Waals surface area contributed by atoms with Crippen molar-refractivity contribution in [1.29, 1.82) is 0 Å². The molecule has 3 heteroatoms. The number of ether oxygens (including phenoxy) is 1. The Morgan fingerprint density at radius 2 is 1.88 bits per heavy atom. The van der Waals surface area contributed by atoms with Crippen LogP contribution in [-0.4, -0.2) is 13.0 Å². The number of benzene rings is 2. The summed E-state index contributed by atoms with van der Waals surface area (Å²) in [6.07, 6.45) is 8.22. The number of hydrogen-bond donors (Lipinski definition) is 1. The van der Waals surface area contributed by atoms with E-state index in [9.17, 15) is 4.79 Å². The van der Waals surface area contributed by atoms with Gasteiger partial charge in [0.05, 0.1) is 13.2 Å². The molecule has 2 aromatic rings. The van der Waals surface area contributed by atoms with Gasteiger partial charge in [-0.05, 0) is 61.4 Å². The Balaban J connectivity index is 1.65. The summed E-state index contributed by atoms with van der Waals surface area (Å²) in [5.41, 5.74) is 4.96. The Labute approximate surface area is 149 Å². The van der Waals surface area contributed by atoms with Crippen LogP contribution in [0.25, 0.3) is 6.08 Å². The van der Waals surface area contributed by atoms with Crippen molar-refractivity contribution in [1.82, 2.24) is 5.32 Å². The third kappa shape index (κ3) is 4.30. The summed E-state index contributed by atoms with van der Waals surface area (Å²) in [5.74, 6) is 0.658. The van der Waals surface area contributed by atoms with Crippen LogP contribution in [-0.2, 0) is 17.6 Å². The number of aryl methyl sites for hydroxylation is 2. The van der Waals surface area contributed by atoms with E-state index in [4.69, 9.17) is 4.74 Å². The van der Waals surface area contributed by atoms with E-state index in [1.54, 1.807) is 19.3 Å². The summed E-state index contributed by atoms with van der Waals surface area (Å²) in [5, 5.41) is 3.04. The molecule has 1 atom stereocenters. The molecule has 0 aliphatic heterocycles. The predicted octanol–water partition coefficient (Wildman–Crippen LogP) is 4.46.